The summed E-state index contributed by atoms with van der Waals surface area (Å²) in [6.45, 7) is 10.8. The molecular weight excluding hydrogens is 344 g/mol. The summed E-state index contributed by atoms with van der Waals surface area (Å²) in [7, 11) is 0. The topological polar surface area (TPSA) is 31.2 Å². The van der Waals surface area contributed by atoms with Crippen molar-refractivity contribution in [1.29, 1.82) is 0 Å². The van der Waals surface area contributed by atoms with E-state index >= 15 is 0 Å². The molecular formula is C24H30N4. The molecule has 0 saturated carbocycles. The molecule has 0 aromatic heterocycles. The predicted octanol–water partition coefficient (Wildman–Crippen LogP) is 4.87. The molecule has 2 atom stereocenters. The Bertz CT molecular complexity index is 781. The van der Waals surface area contributed by atoms with Gasteiger partial charge < -0.3 is 9.80 Å². The second kappa shape index (κ2) is 7.78. The zero-order valence-corrected chi connectivity index (χ0v) is 17.3. The second-order valence-electron chi connectivity index (χ2n) is 8.42. The minimum atomic E-state index is 0.286. The van der Waals surface area contributed by atoms with Crippen molar-refractivity contribution >= 4 is 23.0 Å². The monoisotopic (exact) mass is 374 g/mol. The van der Waals surface area contributed by atoms with Gasteiger partial charge in [-0.05, 0) is 36.1 Å². The number of benzene rings is 2. The molecule has 2 aromatic rings. The lowest BCUT2D eigenvalue weighted by molar-refractivity contribution is 0.521. The molecule has 146 valence electrons. The Balaban J connectivity index is 1.77. The van der Waals surface area contributed by atoms with Crippen LogP contribution in [-0.4, -0.2) is 36.8 Å². The normalized spacial score (nSPS) is 22.2. The third kappa shape index (κ3) is 3.56. The van der Waals surface area contributed by atoms with Gasteiger partial charge in [0.05, 0.1) is 12.1 Å². The van der Waals surface area contributed by atoms with E-state index in [0.29, 0.717) is 11.8 Å². The van der Waals surface area contributed by atoms with Crippen LogP contribution in [0.5, 0.6) is 0 Å². The highest BCUT2D eigenvalue weighted by Crippen LogP contribution is 2.29. The van der Waals surface area contributed by atoms with Gasteiger partial charge in [-0.1, -0.05) is 64.1 Å². The summed E-state index contributed by atoms with van der Waals surface area (Å²) in [6, 6.07) is 21.7. The molecule has 2 heterocycles. The summed E-state index contributed by atoms with van der Waals surface area (Å²) in [5, 5.41) is 0. The maximum absolute atomic E-state index is 5.17. The lowest BCUT2D eigenvalue weighted by Gasteiger charge is -2.26. The van der Waals surface area contributed by atoms with E-state index in [2.05, 4.69) is 98.2 Å². The van der Waals surface area contributed by atoms with Crippen molar-refractivity contribution < 1.29 is 0 Å². The summed E-state index contributed by atoms with van der Waals surface area (Å²) in [5.41, 5.74) is 2.38. The Morgan fingerprint density at radius 3 is 1.32 bits per heavy atom. The van der Waals surface area contributed by atoms with Crippen LogP contribution in [0.15, 0.2) is 70.6 Å². The number of nitrogens with zero attached hydrogens (tertiary/aromatic N) is 4. The molecule has 0 amide bonds. The minimum absolute atomic E-state index is 0.286. The van der Waals surface area contributed by atoms with Crippen molar-refractivity contribution in [2.75, 3.05) is 22.9 Å². The summed E-state index contributed by atoms with van der Waals surface area (Å²) >= 11 is 0. The Morgan fingerprint density at radius 2 is 1.00 bits per heavy atom. The van der Waals surface area contributed by atoms with E-state index in [1.165, 1.54) is 11.4 Å². The number of hydrogen-bond donors (Lipinski definition) is 0. The Hall–Kier alpha value is -2.62. The van der Waals surface area contributed by atoms with Crippen LogP contribution >= 0.6 is 0 Å². The van der Waals surface area contributed by atoms with Crippen molar-refractivity contribution in [2.45, 2.75) is 39.8 Å². The number of para-hydroxylation sites is 2. The van der Waals surface area contributed by atoms with Crippen molar-refractivity contribution in [3.05, 3.63) is 60.7 Å². The number of rotatable bonds is 5. The molecule has 0 saturated heterocycles. The first kappa shape index (κ1) is 18.7. The van der Waals surface area contributed by atoms with E-state index in [9.17, 15) is 0 Å². The fourth-order valence-corrected chi connectivity index (χ4v) is 3.83. The van der Waals surface area contributed by atoms with Gasteiger partial charge in [-0.25, -0.2) is 0 Å². The standard InChI is InChI=1S/C24H30N4/c1-17(2)21-15-27(19-11-7-5-8-12-19)23(25-21)24-26-22(18(3)4)16-28(24)20-13-9-6-10-14-20/h5-14,17-18,21-22H,15-16H2,1-4H3/t21-,22-/m0/s1. The summed E-state index contributed by atoms with van der Waals surface area (Å²) < 4.78 is 0. The van der Waals surface area contributed by atoms with Crippen LogP contribution in [0.25, 0.3) is 0 Å². The minimum Gasteiger partial charge on any atom is -0.321 e. The van der Waals surface area contributed by atoms with Crippen LogP contribution in [0.4, 0.5) is 11.4 Å². The van der Waals surface area contributed by atoms with Gasteiger partial charge in [0.2, 0.25) is 0 Å². The highest BCUT2D eigenvalue weighted by molar-refractivity contribution is 6.50. The molecule has 2 aliphatic rings. The maximum Gasteiger partial charge on any atom is 0.172 e. The zero-order chi connectivity index (χ0) is 19.7. The Morgan fingerprint density at radius 1 is 0.643 bits per heavy atom. The average Bonchev–Trinajstić information content (AvgIpc) is 3.34. The lowest BCUT2D eigenvalue weighted by Crippen LogP contribution is -2.42. The summed E-state index contributed by atoms with van der Waals surface area (Å²) in [4.78, 5) is 15.0. The first-order valence-electron chi connectivity index (χ1n) is 10.4. The second-order valence-corrected chi connectivity index (χ2v) is 8.42. The molecule has 0 spiro atoms. The third-order valence-corrected chi connectivity index (χ3v) is 5.70. The highest BCUT2D eigenvalue weighted by atomic mass is 15.4. The lowest BCUT2D eigenvalue weighted by atomic mass is 10.1. The number of anilines is 2. The first-order chi connectivity index (χ1) is 13.5. The van der Waals surface area contributed by atoms with E-state index in [0.717, 1.165) is 24.8 Å². The number of aliphatic imine (C=N–C) groups is 2. The Kier molecular flexibility index (Phi) is 5.21. The molecule has 4 rings (SSSR count). The van der Waals surface area contributed by atoms with Crippen LogP contribution in [0, 0.1) is 11.8 Å². The van der Waals surface area contributed by atoms with Crippen LogP contribution < -0.4 is 9.80 Å². The molecule has 0 bridgehead atoms. The van der Waals surface area contributed by atoms with Gasteiger partial charge in [-0.2, -0.15) is 0 Å². The molecule has 4 nitrogen and oxygen atoms in total. The van der Waals surface area contributed by atoms with Crippen molar-refractivity contribution in [3.8, 4) is 0 Å². The van der Waals surface area contributed by atoms with Gasteiger partial charge >= 0.3 is 0 Å². The predicted molar refractivity (Wildman–Crippen MR) is 120 cm³/mol. The van der Waals surface area contributed by atoms with E-state index in [-0.39, 0.29) is 12.1 Å². The molecule has 0 unspecified atom stereocenters. The highest BCUT2D eigenvalue weighted by Gasteiger charge is 2.38. The molecule has 2 aliphatic heterocycles. The van der Waals surface area contributed by atoms with Gasteiger partial charge in [-0.3, -0.25) is 9.98 Å². The van der Waals surface area contributed by atoms with Gasteiger partial charge in [-0.15, -0.1) is 0 Å². The van der Waals surface area contributed by atoms with Crippen LogP contribution in [0.1, 0.15) is 27.7 Å². The quantitative estimate of drug-likeness (QED) is 0.747. The van der Waals surface area contributed by atoms with E-state index in [1.807, 2.05) is 0 Å². The molecule has 2 aromatic carbocycles. The van der Waals surface area contributed by atoms with Gasteiger partial charge in [0, 0.05) is 24.5 Å². The molecule has 0 radical (unpaired) electrons. The van der Waals surface area contributed by atoms with Crippen LogP contribution in [0.2, 0.25) is 0 Å². The summed E-state index contributed by atoms with van der Waals surface area (Å²) in [5.74, 6) is 3.02. The van der Waals surface area contributed by atoms with Crippen LogP contribution in [0.3, 0.4) is 0 Å². The molecule has 0 N–H and O–H groups in total. The maximum atomic E-state index is 5.17. The van der Waals surface area contributed by atoms with Crippen molar-refractivity contribution in [1.82, 2.24) is 0 Å². The van der Waals surface area contributed by atoms with E-state index in [4.69, 9.17) is 9.98 Å². The van der Waals surface area contributed by atoms with Gasteiger partial charge in [0.25, 0.3) is 0 Å². The molecule has 0 aliphatic carbocycles. The zero-order valence-electron chi connectivity index (χ0n) is 17.3. The number of amidine groups is 2. The van der Waals surface area contributed by atoms with E-state index in [1.54, 1.807) is 0 Å². The third-order valence-electron chi connectivity index (χ3n) is 5.70. The molecule has 4 heteroatoms. The Labute approximate surface area is 168 Å². The van der Waals surface area contributed by atoms with Gasteiger partial charge in [0.1, 0.15) is 0 Å². The smallest absolute Gasteiger partial charge is 0.172 e. The van der Waals surface area contributed by atoms with Crippen molar-refractivity contribution in [3.63, 3.8) is 0 Å². The number of hydrogen-bond acceptors (Lipinski definition) is 4. The van der Waals surface area contributed by atoms with E-state index < -0.39 is 0 Å². The molecule has 28 heavy (non-hydrogen) atoms. The van der Waals surface area contributed by atoms with Crippen molar-refractivity contribution in [2.24, 2.45) is 21.8 Å². The van der Waals surface area contributed by atoms with Gasteiger partial charge in [0.15, 0.2) is 11.7 Å². The average molecular weight is 375 g/mol. The fourth-order valence-electron chi connectivity index (χ4n) is 3.83. The van der Waals surface area contributed by atoms with Crippen LogP contribution in [-0.2, 0) is 0 Å². The summed E-state index contributed by atoms with van der Waals surface area (Å²) in [6.07, 6.45) is 0. The molecule has 0 fully saturated rings. The largest absolute Gasteiger partial charge is 0.321 e. The SMILES string of the molecule is CC(C)[C@@H]1CN(c2ccccc2)C(C2=N[C@H](C(C)C)CN2c2ccccc2)=N1. The first-order valence-corrected chi connectivity index (χ1v) is 10.4. The fraction of sp³-hybridized carbons (Fsp3) is 0.417.